The molecule has 1 saturated heterocycles. The maximum Gasteiger partial charge on any atom is 0.437 e. The van der Waals surface area contributed by atoms with E-state index in [0.29, 0.717) is 0 Å². The van der Waals surface area contributed by atoms with Crippen molar-refractivity contribution in [3.63, 3.8) is 0 Å². The summed E-state index contributed by atoms with van der Waals surface area (Å²) in [6.45, 7) is 4.80. The maximum atomic E-state index is 13.3. The third kappa shape index (κ3) is 10.2. The fraction of sp³-hybridized carbons (Fsp3) is 0.440. The molecule has 0 saturated carbocycles. The maximum absolute atomic E-state index is 13.3. The van der Waals surface area contributed by atoms with Crippen molar-refractivity contribution in [3.05, 3.63) is 64.3 Å². The van der Waals surface area contributed by atoms with Gasteiger partial charge in [-0.25, -0.2) is 14.6 Å². The number of alkyl halides is 3. The fourth-order valence-corrected chi connectivity index (χ4v) is 4.82. The molecule has 1 aromatic heterocycles. The Labute approximate surface area is 255 Å². The number of ether oxygens (including phenoxy) is 2. The van der Waals surface area contributed by atoms with Gasteiger partial charge >= 0.3 is 16.2 Å². The first kappa shape index (κ1) is 32.7. The number of piperidine rings is 1. The molecule has 3 rings (SSSR count). The molecule has 41 heavy (non-hydrogen) atoms. The second-order valence-electron chi connectivity index (χ2n) is 9.81. The van der Waals surface area contributed by atoms with Crippen molar-refractivity contribution in [2.24, 2.45) is 0 Å². The summed E-state index contributed by atoms with van der Waals surface area (Å²) in [4.78, 5) is 60.8. The van der Waals surface area contributed by atoms with Gasteiger partial charge in [-0.2, -0.15) is 5.06 Å². The fourth-order valence-electron chi connectivity index (χ4n) is 3.79. The number of hydrogen-bond donors (Lipinski definition) is 0. The van der Waals surface area contributed by atoms with E-state index in [4.69, 9.17) is 49.1 Å². The minimum atomic E-state index is -2.38. The Kier molecular flexibility index (Phi) is 11.1. The van der Waals surface area contributed by atoms with Crippen LogP contribution in [-0.2, 0) is 25.7 Å². The number of carbonyl (C=O) groups is 3. The van der Waals surface area contributed by atoms with Gasteiger partial charge in [0.1, 0.15) is 29.5 Å². The summed E-state index contributed by atoms with van der Waals surface area (Å²) in [6.07, 6.45) is -0.557. The molecule has 16 heteroatoms. The number of hydroxylamine groups is 2. The molecular weight excluding hydrogens is 623 g/mol. The molecule has 222 valence electrons. The quantitative estimate of drug-likeness (QED) is 0.146. The lowest BCUT2D eigenvalue weighted by Crippen LogP contribution is -2.57. The number of carbonyl (C=O) groups excluding carboxylic acids is 3. The van der Waals surface area contributed by atoms with Crippen molar-refractivity contribution in [1.82, 2.24) is 14.9 Å². The molecule has 0 aliphatic carbocycles. The van der Waals surface area contributed by atoms with Gasteiger partial charge in [-0.15, -0.1) is 0 Å². The third-order valence-electron chi connectivity index (χ3n) is 5.52. The summed E-state index contributed by atoms with van der Waals surface area (Å²) < 4.78 is 8.06. The van der Waals surface area contributed by atoms with Crippen molar-refractivity contribution in [2.75, 3.05) is 6.54 Å². The first-order chi connectivity index (χ1) is 19.1. The van der Waals surface area contributed by atoms with E-state index >= 15 is 0 Å². The molecule has 1 aromatic carbocycles. The number of hydrogen-bond acceptors (Lipinski definition) is 10. The monoisotopic (exact) mass is 648 g/mol. The number of likely N-dealkylation sites (tertiary alicyclic amines) is 1. The van der Waals surface area contributed by atoms with E-state index in [1.807, 2.05) is 6.07 Å². The number of pyridine rings is 1. The van der Waals surface area contributed by atoms with Gasteiger partial charge < -0.3 is 9.47 Å². The van der Waals surface area contributed by atoms with Crippen LogP contribution in [0.25, 0.3) is 0 Å². The van der Waals surface area contributed by atoms with Crippen molar-refractivity contribution < 1.29 is 33.6 Å². The van der Waals surface area contributed by atoms with Crippen molar-refractivity contribution in [3.8, 4) is 0 Å². The van der Waals surface area contributed by atoms with Crippen LogP contribution in [0.2, 0.25) is 0 Å². The summed E-state index contributed by atoms with van der Waals surface area (Å²) >= 11 is 17.8. The van der Waals surface area contributed by atoms with Gasteiger partial charge in [-0.05, 0) is 91.8 Å². The number of thioether (sulfide) groups is 1. The predicted octanol–water partition coefficient (Wildman–Crippen LogP) is 6.27. The Morgan fingerprint density at radius 1 is 1.10 bits per heavy atom. The van der Waals surface area contributed by atoms with Crippen LogP contribution in [0.1, 0.15) is 39.2 Å². The standard InChI is InChI=1S/C25H27Cl3N4O8S/c1-24(2,3)39-22(34)30-14-18(9-11-19(30)21(33)41-20-12-10-17(13-29-20)32(36)37)31(23(35)40-25(26,27)28)38-15-16-7-5-4-6-8-16/h4-8,10,12-13,18-19H,9,11,14-15H2,1-3H3/t18-,19+/m1/s1. The van der Waals surface area contributed by atoms with E-state index < -0.39 is 43.9 Å². The molecule has 12 nitrogen and oxygen atoms in total. The number of benzene rings is 1. The number of nitro groups is 1. The molecule has 0 radical (unpaired) electrons. The van der Waals surface area contributed by atoms with Crippen LogP contribution in [0, 0.1) is 10.1 Å². The van der Waals surface area contributed by atoms with Gasteiger partial charge in [0.15, 0.2) is 0 Å². The molecule has 1 aliphatic rings. The lowest BCUT2D eigenvalue weighted by molar-refractivity contribution is -0.385. The minimum Gasteiger partial charge on any atom is -0.444 e. The summed E-state index contributed by atoms with van der Waals surface area (Å²) in [6, 6.07) is 9.76. The molecule has 1 fully saturated rings. The van der Waals surface area contributed by atoms with Gasteiger partial charge in [-0.1, -0.05) is 30.3 Å². The van der Waals surface area contributed by atoms with Crippen molar-refractivity contribution in [2.45, 2.75) is 66.9 Å². The van der Waals surface area contributed by atoms with E-state index in [2.05, 4.69) is 4.98 Å². The first-order valence-corrected chi connectivity index (χ1v) is 14.2. The van der Waals surface area contributed by atoms with Crippen molar-refractivity contribution in [1.29, 1.82) is 0 Å². The number of halogens is 3. The highest BCUT2D eigenvalue weighted by atomic mass is 35.6. The number of amides is 2. The van der Waals surface area contributed by atoms with Gasteiger partial charge in [0.2, 0.25) is 5.12 Å². The average Bonchev–Trinajstić information content (AvgIpc) is 2.87. The third-order valence-corrected chi connectivity index (χ3v) is 6.68. The molecule has 2 amide bonds. The van der Waals surface area contributed by atoms with Crippen LogP contribution in [-0.4, -0.2) is 65.4 Å². The SMILES string of the molecule is CC(C)(C)OC(=O)N1C[C@H](N(OCc2ccccc2)C(=O)OC(Cl)(Cl)Cl)CC[C@H]1C(=O)Sc1ccc([N+](=O)[O-])cn1. The molecule has 1 aliphatic heterocycles. The van der Waals surface area contributed by atoms with Gasteiger partial charge in [-0.3, -0.25) is 24.6 Å². The molecule has 0 unspecified atom stereocenters. The van der Waals surface area contributed by atoms with Gasteiger partial charge in [0.25, 0.3) is 5.69 Å². The molecule has 0 bridgehead atoms. The predicted molar refractivity (Wildman–Crippen MR) is 151 cm³/mol. The highest BCUT2D eigenvalue weighted by Gasteiger charge is 2.43. The molecule has 0 N–H and O–H groups in total. The van der Waals surface area contributed by atoms with Crippen LogP contribution < -0.4 is 0 Å². The second kappa shape index (κ2) is 13.9. The highest BCUT2D eigenvalue weighted by Crippen LogP contribution is 2.32. The zero-order valence-corrected chi connectivity index (χ0v) is 25.3. The summed E-state index contributed by atoms with van der Waals surface area (Å²) in [5, 5.41) is 11.6. The van der Waals surface area contributed by atoms with E-state index in [9.17, 15) is 24.5 Å². The Balaban J connectivity index is 1.84. The second-order valence-corrected chi connectivity index (χ2v) is 13.0. The Bertz CT molecular complexity index is 1240. The molecule has 2 aromatic rings. The van der Waals surface area contributed by atoms with E-state index in [1.165, 1.54) is 17.0 Å². The topological polar surface area (TPSA) is 141 Å². The lowest BCUT2D eigenvalue weighted by atomic mass is 9.99. The molecular formula is C25H27Cl3N4O8S. The number of rotatable bonds is 7. The normalized spacial score (nSPS) is 17.5. The highest BCUT2D eigenvalue weighted by molar-refractivity contribution is 8.13. The largest absolute Gasteiger partial charge is 0.444 e. The minimum absolute atomic E-state index is 0.0389. The number of nitrogens with zero attached hydrogens (tertiary/aromatic N) is 4. The van der Waals surface area contributed by atoms with Crippen LogP contribution in [0.3, 0.4) is 0 Å². The summed E-state index contributed by atoms with van der Waals surface area (Å²) in [5.74, 6) is 0. The Morgan fingerprint density at radius 3 is 2.34 bits per heavy atom. The average molecular weight is 650 g/mol. The smallest absolute Gasteiger partial charge is 0.437 e. The summed E-state index contributed by atoms with van der Waals surface area (Å²) in [7, 11) is 0. The summed E-state index contributed by atoms with van der Waals surface area (Å²) in [5.41, 5.74) is -0.378. The van der Waals surface area contributed by atoms with Crippen LogP contribution >= 0.6 is 46.6 Å². The Morgan fingerprint density at radius 2 is 1.78 bits per heavy atom. The number of aromatic nitrogens is 1. The van der Waals surface area contributed by atoms with Crippen LogP contribution in [0.5, 0.6) is 0 Å². The van der Waals surface area contributed by atoms with E-state index in [0.717, 1.165) is 28.6 Å². The first-order valence-electron chi connectivity index (χ1n) is 12.2. The van der Waals surface area contributed by atoms with E-state index in [1.54, 1.807) is 45.0 Å². The van der Waals surface area contributed by atoms with E-state index in [-0.39, 0.29) is 36.7 Å². The van der Waals surface area contributed by atoms with Crippen LogP contribution in [0.15, 0.2) is 53.7 Å². The molecule has 2 heterocycles. The lowest BCUT2D eigenvalue weighted by Gasteiger charge is -2.42. The zero-order valence-electron chi connectivity index (χ0n) is 22.2. The van der Waals surface area contributed by atoms with Gasteiger partial charge in [0.05, 0.1) is 11.0 Å². The van der Waals surface area contributed by atoms with Gasteiger partial charge in [0, 0.05) is 12.6 Å². The molecule has 0 spiro atoms. The van der Waals surface area contributed by atoms with Crippen LogP contribution in [0.4, 0.5) is 15.3 Å². The zero-order chi connectivity index (χ0) is 30.4. The molecule has 2 atom stereocenters. The Hall–Kier alpha value is -2.84. The van der Waals surface area contributed by atoms with Crippen molar-refractivity contribution >= 4 is 69.6 Å².